The third-order valence-corrected chi connectivity index (χ3v) is 1.25. The van der Waals surface area contributed by atoms with Gasteiger partial charge in [-0.2, -0.15) is 0 Å². The third-order valence-electron chi connectivity index (χ3n) is 1.25. The zero-order chi connectivity index (χ0) is 8.81. The van der Waals surface area contributed by atoms with E-state index in [0.717, 1.165) is 0 Å². The first-order chi connectivity index (χ1) is 5.88. The van der Waals surface area contributed by atoms with Gasteiger partial charge in [-0.15, -0.1) is 0 Å². The topological polar surface area (TPSA) is 64.2 Å². The molecular formula is C8H10N4. The zero-order valence-corrected chi connectivity index (χ0v) is 6.81. The second-order valence-corrected chi connectivity index (χ2v) is 2.03. The van der Waals surface area contributed by atoms with Crippen LogP contribution in [0.25, 0.3) is 5.70 Å². The molecule has 0 aliphatic carbocycles. The van der Waals surface area contributed by atoms with Gasteiger partial charge < -0.3 is 5.73 Å². The van der Waals surface area contributed by atoms with Crippen molar-refractivity contribution in [3.05, 3.63) is 30.5 Å². The summed E-state index contributed by atoms with van der Waals surface area (Å²) in [5.74, 6) is 0. The maximum absolute atomic E-state index is 5.35. The molecule has 0 aliphatic heterocycles. The highest BCUT2D eigenvalue weighted by molar-refractivity contribution is 5.70. The third kappa shape index (κ3) is 1.88. The van der Waals surface area contributed by atoms with Crippen LogP contribution in [0.2, 0.25) is 0 Å². The van der Waals surface area contributed by atoms with Crippen LogP contribution in [0.5, 0.6) is 0 Å². The van der Waals surface area contributed by atoms with Crippen LogP contribution in [-0.2, 0) is 0 Å². The van der Waals surface area contributed by atoms with Crippen molar-refractivity contribution < 1.29 is 0 Å². The number of rotatable bonds is 2. The van der Waals surface area contributed by atoms with Crippen molar-refractivity contribution in [2.24, 2.45) is 10.7 Å². The molecule has 0 spiro atoms. The minimum Gasteiger partial charge on any atom is -0.403 e. The Kier molecular flexibility index (Phi) is 2.95. The second kappa shape index (κ2) is 4.23. The Morgan fingerprint density at radius 3 is 2.92 bits per heavy atom. The standard InChI is InChI=1S/C8H10N4/c1-2-11-7(5-9)8-6-10-3-4-12-8/h2-6H,9H2,1H3/b7-5-,11-2?. The summed E-state index contributed by atoms with van der Waals surface area (Å²) < 4.78 is 0. The van der Waals surface area contributed by atoms with E-state index in [0.29, 0.717) is 11.4 Å². The highest BCUT2D eigenvalue weighted by atomic mass is 14.8. The van der Waals surface area contributed by atoms with E-state index in [1.54, 1.807) is 24.8 Å². The van der Waals surface area contributed by atoms with Gasteiger partial charge in [0.25, 0.3) is 0 Å². The maximum Gasteiger partial charge on any atom is 0.108 e. The predicted molar refractivity (Wildman–Crippen MR) is 48.4 cm³/mol. The summed E-state index contributed by atoms with van der Waals surface area (Å²) in [7, 11) is 0. The van der Waals surface area contributed by atoms with Gasteiger partial charge in [-0.25, -0.2) is 0 Å². The lowest BCUT2D eigenvalue weighted by Gasteiger charge is -1.96. The minimum absolute atomic E-state index is 0.630. The molecule has 4 heteroatoms. The van der Waals surface area contributed by atoms with Crippen LogP contribution in [0.15, 0.2) is 29.8 Å². The van der Waals surface area contributed by atoms with Crippen molar-refractivity contribution in [1.29, 1.82) is 0 Å². The van der Waals surface area contributed by atoms with Gasteiger partial charge in [0.15, 0.2) is 0 Å². The Morgan fingerprint density at radius 1 is 1.58 bits per heavy atom. The molecule has 1 aromatic rings. The highest BCUT2D eigenvalue weighted by Crippen LogP contribution is 2.08. The molecule has 0 unspecified atom stereocenters. The molecule has 0 fully saturated rings. The molecule has 12 heavy (non-hydrogen) atoms. The molecule has 1 rings (SSSR count). The molecular weight excluding hydrogens is 152 g/mol. The minimum atomic E-state index is 0.630. The molecule has 0 saturated heterocycles. The van der Waals surface area contributed by atoms with Crippen molar-refractivity contribution in [2.45, 2.75) is 6.92 Å². The fourth-order valence-electron chi connectivity index (χ4n) is 0.765. The largest absolute Gasteiger partial charge is 0.403 e. The van der Waals surface area contributed by atoms with E-state index in [4.69, 9.17) is 5.73 Å². The molecule has 0 atom stereocenters. The van der Waals surface area contributed by atoms with Crippen LogP contribution in [0.4, 0.5) is 0 Å². The van der Waals surface area contributed by atoms with E-state index in [-0.39, 0.29) is 0 Å². The van der Waals surface area contributed by atoms with Crippen molar-refractivity contribution in [3.8, 4) is 0 Å². The quantitative estimate of drug-likeness (QED) is 0.655. The smallest absolute Gasteiger partial charge is 0.108 e. The first-order valence-corrected chi connectivity index (χ1v) is 3.55. The normalized spacial score (nSPS) is 12.2. The van der Waals surface area contributed by atoms with Crippen molar-refractivity contribution in [1.82, 2.24) is 9.97 Å². The van der Waals surface area contributed by atoms with E-state index < -0.39 is 0 Å². The number of nitrogens with two attached hydrogens (primary N) is 1. The van der Waals surface area contributed by atoms with Crippen LogP contribution < -0.4 is 5.73 Å². The average Bonchev–Trinajstić information content (AvgIpc) is 2.15. The van der Waals surface area contributed by atoms with Crippen LogP contribution in [0.1, 0.15) is 12.6 Å². The Balaban J connectivity index is 2.97. The highest BCUT2D eigenvalue weighted by Gasteiger charge is 1.97. The number of hydrogen-bond acceptors (Lipinski definition) is 4. The molecule has 0 aliphatic rings. The van der Waals surface area contributed by atoms with Gasteiger partial charge in [0.1, 0.15) is 11.4 Å². The van der Waals surface area contributed by atoms with Gasteiger partial charge in [0, 0.05) is 24.8 Å². The summed E-state index contributed by atoms with van der Waals surface area (Å²) in [4.78, 5) is 12.0. The molecule has 1 heterocycles. The molecule has 4 nitrogen and oxygen atoms in total. The SMILES string of the molecule is CC=N/C(=C\N)c1cnccn1. The van der Waals surface area contributed by atoms with E-state index >= 15 is 0 Å². The lowest BCUT2D eigenvalue weighted by molar-refractivity contribution is 1.16. The lowest BCUT2D eigenvalue weighted by atomic mass is 10.3. The maximum atomic E-state index is 5.35. The summed E-state index contributed by atoms with van der Waals surface area (Å²) in [5, 5.41) is 0. The monoisotopic (exact) mass is 162 g/mol. The zero-order valence-electron chi connectivity index (χ0n) is 6.81. The second-order valence-electron chi connectivity index (χ2n) is 2.03. The van der Waals surface area contributed by atoms with E-state index in [1.807, 2.05) is 6.92 Å². The van der Waals surface area contributed by atoms with Gasteiger partial charge in [0.05, 0.1) is 6.20 Å². The molecule has 0 radical (unpaired) electrons. The number of nitrogens with zero attached hydrogens (tertiary/aromatic N) is 3. The number of hydrogen-bond donors (Lipinski definition) is 1. The molecule has 2 N–H and O–H groups in total. The summed E-state index contributed by atoms with van der Waals surface area (Å²) in [6.45, 7) is 1.82. The van der Waals surface area contributed by atoms with Gasteiger partial charge >= 0.3 is 0 Å². The van der Waals surface area contributed by atoms with Crippen LogP contribution >= 0.6 is 0 Å². The Morgan fingerprint density at radius 2 is 2.42 bits per heavy atom. The Hall–Kier alpha value is -1.71. The molecule has 1 aromatic heterocycles. The molecule has 62 valence electrons. The summed E-state index contributed by atoms with van der Waals surface area (Å²) >= 11 is 0. The molecule has 0 bridgehead atoms. The predicted octanol–water partition coefficient (Wildman–Crippen LogP) is 0.824. The van der Waals surface area contributed by atoms with E-state index in [2.05, 4.69) is 15.0 Å². The van der Waals surface area contributed by atoms with Gasteiger partial charge in [-0.3, -0.25) is 15.0 Å². The lowest BCUT2D eigenvalue weighted by Crippen LogP contribution is -1.91. The molecule has 0 saturated carbocycles. The molecule has 0 aromatic carbocycles. The van der Waals surface area contributed by atoms with Gasteiger partial charge in [0.2, 0.25) is 0 Å². The molecule has 0 amide bonds. The van der Waals surface area contributed by atoms with Gasteiger partial charge in [-0.05, 0) is 6.92 Å². The van der Waals surface area contributed by atoms with Crippen LogP contribution in [0.3, 0.4) is 0 Å². The number of aromatic nitrogens is 2. The summed E-state index contributed by atoms with van der Waals surface area (Å²) in [5.41, 5.74) is 6.66. The van der Waals surface area contributed by atoms with Crippen molar-refractivity contribution >= 4 is 11.9 Å². The summed E-state index contributed by atoms with van der Waals surface area (Å²) in [6, 6.07) is 0. The average molecular weight is 162 g/mol. The van der Waals surface area contributed by atoms with Crippen LogP contribution in [-0.4, -0.2) is 16.2 Å². The van der Waals surface area contributed by atoms with Crippen LogP contribution in [0, 0.1) is 0 Å². The van der Waals surface area contributed by atoms with E-state index in [1.165, 1.54) is 6.20 Å². The Labute approximate surface area is 70.9 Å². The fourth-order valence-corrected chi connectivity index (χ4v) is 0.765. The van der Waals surface area contributed by atoms with Gasteiger partial charge in [-0.1, -0.05) is 0 Å². The fraction of sp³-hybridized carbons (Fsp3) is 0.125. The first-order valence-electron chi connectivity index (χ1n) is 3.55. The summed E-state index contributed by atoms with van der Waals surface area (Å²) in [6.07, 6.45) is 7.89. The Bertz CT molecular complexity index is 289. The first kappa shape index (κ1) is 8.39. The van der Waals surface area contributed by atoms with E-state index in [9.17, 15) is 0 Å². The van der Waals surface area contributed by atoms with Crippen molar-refractivity contribution in [3.63, 3.8) is 0 Å². The number of aliphatic imine (C=N–C) groups is 1. The van der Waals surface area contributed by atoms with Crippen molar-refractivity contribution in [2.75, 3.05) is 0 Å².